The van der Waals surface area contributed by atoms with E-state index in [2.05, 4.69) is 16.3 Å². The summed E-state index contributed by atoms with van der Waals surface area (Å²) in [5.41, 5.74) is 1.15. The third-order valence-electron chi connectivity index (χ3n) is 4.89. The third kappa shape index (κ3) is 1.84. The molecule has 2 fully saturated rings. The zero-order valence-electron chi connectivity index (χ0n) is 11.2. The van der Waals surface area contributed by atoms with Gasteiger partial charge in [-0.2, -0.15) is 0 Å². The van der Waals surface area contributed by atoms with Crippen LogP contribution in [0.4, 0.5) is 0 Å². The van der Waals surface area contributed by atoms with Crippen LogP contribution in [0.25, 0.3) is 4.83 Å². The van der Waals surface area contributed by atoms with Crippen LogP contribution in [0.5, 0.6) is 0 Å². The van der Waals surface area contributed by atoms with E-state index in [1.54, 1.807) is 0 Å². The van der Waals surface area contributed by atoms with Crippen molar-refractivity contribution in [3.63, 3.8) is 0 Å². The lowest BCUT2D eigenvalue weighted by molar-refractivity contribution is 0.0848. The van der Waals surface area contributed by atoms with Gasteiger partial charge in [0.2, 0.25) is 0 Å². The van der Waals surface area contributed by atoms with Crippen LogP contribution < -0.4 is 0 Å². The largest absolute Gasteiger partial charge is 0.387 e. The maximum absolute atomic E-state index is 10.9. The Morgan fingerprint density at radius 1 is 1.37 bits per heavy atom. The van der Waals surface area contributed by atoms with Gasteiger partial charge in [0.25, 0.3) is 0 Å². The van der Waals surface area contributed by atoms with Gasteiger partial charge >= 0.3 is 0 Å². The summed E-state index contributed by atoms with van der Waals surface area (Å²) >= 11 is 1.83. The van der Waals surface area contributed by atoms with Crippen LogP contribution in [0.1, 0.15) is 61.6 Å². The van der Waals surface area contributed by atoms with Crippen molar-refractivity contribution in [2.24, 2.45) is 11.8 Å². The minimum atomic E-state index is -0.309. The molecule has 0 aromatic carbocycles. The first-order valence-electron chi connectivity index (χ1n) is 7.38. The van der Waals surface area contributed by atoms with Gasteiger partial charge in [0.15, 0.2) is 0 Å². The van der Waals surface area contributed by atoms with Gasteiger partial charge < -0.3 is 5.11 Å². The number of hydrogen-bond acceptors (Lipinski definition) is 3. The van der Waals surface area contributed by atoms with Crippen molar-refractivity contribution in [3.8, 4) is 0 Å². The molecule has 3 nitrogen and oxygen atoms in total. The number of aromatic nitrogens is 2. The minimum absolute atomic E-state index is 0.309. The van der Waals surface area contributed by atoms with E-state index in [1.165, 1.54) is 41.8 Å². The van der Waals surface area contributed by atoms with Crippen molar-refractivity contribution >= 4 is 16.2 Å². The van der Waals surface area contributed by atoms with Gasteiger partial charge in [0.1, 0.15) is 11.2 Å². The first kappa shape index (κ1) is 11.9. The maximum Gasteiger partial charge on any atom is 0.120 e. The molecule has 4 rings (SSSR count). The molecule has 2 aliphatic carbocycles. The lowest BCUT2D eigenvalue weighted by Gasteiger charge is -2.23. The first-order valence-corrected chi connectivity index (χ1v) is 8.20. The summed E-state index contributed by atoms with van der Waals surface area (Å²) in [5, 5.41) is 10.9. The first-order chi connectivity index (χ1) is 9.25. The highest BCUT2D eigenvalue weighted by Crippen LogP contribution is 2.50. The number of imidazole rings is 1. The molecule has 0 aliphatic heterocycles. The fourth-order valence-electron chi connectivity index (χ4n) is 3.60. The number of rotatable bonds is 3. The molecule has 0 saturated heterocycles. The topological polar surface area (TPSA) is 37.5 Å². The number of hydrogen-bond donors (Lipinski definition) is 1. The number of thiazole rings is 1. The number of fused-ring (bicyclic) bond motifs is 1. The third-order valence-corrected chi connectivity index (χ3v) is 6.17. The Labute approximate surface area is 117 Å². The smallest absolute Gasteiger partial charge is 0.120 e. The SMILES string of the molecule is CC1CCCC1C(O)c1c(C2CC2)sc2cncn12. The Morgan fingerprint density at radius 2 is 2.21 bits per heavy atom. The average molecular weight is 276 g/mol. The molecule has 2 aliphatic rings. The summed E-state index contributed by atoms with van der Waals surface area (Å²) in [6.45, 7) is 2.29. The van der Waals surface area contributed by atoms with E-state index in [1.807, 2.05) is 23.9 Å². The van der Waals surface area contributed by atoms with E-state index in [4.69, 9.17) is 0 Å². The molecule has 0 amide bonds. The van der Waals surface area contributed by atoms with Crippen LogP contribution in [0.3, 0.4) is 0 Å². The molecule has 0 radical (unpaired) electrons. The van der Waals surface area contributed by atoms with Crippen molar-refractivity contribution in [2.75, 3.05) is 0 Å². The van der Waals surface area contributed by atoms with Gasteiger partial charge in [-0.15, -0.1) is 11.3 Å². The van der Waals surface area contributed by atoms with Crippen molar-refractivity contribution in [2.45, 2.75) is 51.0 Å². The number of aliphatic hydroxyl groups is 1. The van der Waals surface area contributed by atoms with Crippen LogP contribution in [0.2, 0.25) is 0 Å². The second kappa shape index (κ2) is 4.32. The molecule has 1 N–H and O–H groups in total. The van der Waals surface area contributed by atoms with E-state index in [0.717, 1.165) is 5.69 Å². The van der Waals surface area contributed by atoms with Crippen molar-refractivity contribution in [1.82, 2.24) is 9.38 Å². The molecule has 102 valence electrons. The monoisotopic (exact) mass is 276 g/mol. The summed E-state index contributed by atoms with van der Waals surface area (Å²) in [6, 6.07) is 0. The fraction of sp³-hybridized carbons (Fsp3) is 0.667. The Kier molecular flexibility index (Phi) is 2.71. The highest BCUT2D eigenvalue weighted by atomic mass is 32.1. The van der Waals surface area contributed by atoms with E-state index in [0.29, 0.717) is 17.8 Å². The van der Waals surface area contributed by atoms with E-state index >= 15 is 0 Å². The predicted molar refractivity (Wildman–Crippen MR) is 76.5 cm³/mol. The molecule has 2 aromatic rings. The second-order valence-corrected chi connectivity index (χ2v) is 7.31. The Bertz CT molecular complexity index is 598. The quantitative estimate of drug-likeness (QED) is 0.927. The molecule has 2 heterocycles. The molecule has 3 unspecified atom stereocenters. The summed E-state index contributed by atoms with van der Waals surface area (Å²) in [5.74, 6) is 1.77. The molecule has 2 aromatic heterocycles. The lowest BCUT2D eigenvalue weighted by Crippen LogP contribution is -2.17. The fourth-order valence-corrected chi connectivity index (χ4v) is 4.90. The highest BCUT2D eigenvalue weighted by molar-refractivity contribution is 7.17. The Morgan fingerprint density at radius 3 is 2.89 bits per heavy atom. The van der Waals surface area contributed by atoms with Gasteiger partial charge in [0.05, 0.1) is 18.0 Å². The standard InChI is InChI=1S/C15H20N2OS/c1-9-3-2-4-11(9)14(18)13-15(10-5-6-10)19-12-7-16-8-17(12)13/h7-11,14,18H,2-6H2,1H3. The van der Waals surface area contributed by atoms with Gasteiger partial charge in [-0.1, -0.05) is 19.8 Å². The van der Waals surface area contributed by atoms with Gasteiger partial charge in [0, 0.05) is 4.88 Å². The van der Waals surface area contributed by atoms with Crippen LogP contribution >= 0.6 is 11.3 Å². The summed E-state index contributed by atoms with van der Waals surface area (Å²) in [6.07, 6.45) is 9.75. The van der Waals surface area contributed by atoms with E-state index < -0.39 is 0 Å². The van der Waals surface area contributed by atoms with Gasteiger partial charge in [-0.25, -0.2) is 4.98 Å². The van der Waals surface area contributed by atoms with Crippen molar-refractivity contribution in [3.05, 3.63) is 23.1 Å². The molecular formula is C15H20N2OS. The predicted octanol–water partition coefficient (Wildman–Crippen LogP) is 3.74. The summed E-state index contributed by atoms with van der Waals surface area (Å²) in [4.78, 5) is 6.84. The van der Waals surface area contributed by atoms with Crippen LogP contribution in [-0.2, 0) is 0 Å². The molecule has 0 bridgehead atoms. The number of aliphatic hydroxyl groups excluding tert-OH is 1. The Balaban J connectivity index is 1.79. The molecule has 2 saturated carbocycles. The molecule has 3 atom stereocenters. The van der Waals surface area contributed by atoms with E-state index in [-0.39, 0.29) is 6.10 Å². The van der Waals surface area contributed by atoms with E-state index in [9.17, 15) is 5.11 Å². The zero-order valence-corrected chi connectivity index (χ0v) is 12.1. The van der Waals surface area contributed by atoms with Crippen molar-refractivity contribution in [1.29, 1.82) is 0 Å². The van der Waals surface area contributed by atoms with Crippen LogP contribution in [0, 0.1) is 11.8 Å². The molecular weight excluding hydrogens is 256 g/mol. The number of nitrogens with zero attached hydrogens (tertiary/aromatic N) is 2. The zero-order chi connectivity index (χ0) is 13.0. The maximum atomic E-state index is 10.9. The van der Waals surface area contributed by atoms with Crippen molar-refractivity contribution < 1.29 is 5.11 Å². The van der Waals surface area contributed by atoms with Crippen LogP contribution in [0.15, 0.2) is 12.5 Å². The summed E-state index contributed by atoms with van der Waals surface area (Å²) < 4.78 is 2.13. The van der Waals surface area contributed by atoms with Gasteiger partial charge in [-0.05, 0) is 37.0 Å². The normalized spacial score (nSPS) is 29.2. The highest BCUT2D eigenvalue weighted by Gasteiger charge is 2.37. The van der Waals surface area contributed by atoms with Gasteiger partial charge in [-0.3, -0.25) is 4.40 Å². The molecule has 4 heteroatoms. The lowest BCUT2D eigenvalue weighted by atomic mass is 9.89. The minimum Gasteiger partial charge on any atom is -0.387 e. The van der Waals surface area contributed by atoms with Crippen LogP contribution in [-0.4, -0.2) is 14.5 Å². The molecule has 19 heavy (non-hydrogen) atoms. The Hall–Kier alpha value is -0.870. The average Bonchev–Trinajstić information content (AvgIpc) is 2.83. The second-order valence-electron chi connectivity index (χ2n) is 6.24. The molecule has 0 spiro atoms. The summed E-state index contributed by atoms with van der Waals surface area (Å²) in [7, 11) is 0.